The zero-order chi connectivity index (χ0) is 28.0. The molecule has 0 aromatic carbocycles. The normalized spacial score (nSPS) is 37.6. The van der Waals surface area contributed by atoms with E-state index in [2.05, 4.69) is 23.6 Å². The summed E-state index contributed by atoms with van der Waals surface area (Å²) < 4.78 is 18.1. The lowest BCUT2D eigenvalue weighted by Gasteiger charge is -2.39. The van der Waals surface area contributed by atoms with E-state index in [1.54, 1.807) is 6.08 Å². The van der Waals surface area contributed by atoms with Crippen molar-refractivity contribution in [1.29, 1.82) is 0 Å². The molecule has 4 aliphatic rings. The van der Waals surface area contributed by atoms with Crippen molar-refractivity contribution in [3.8, 4) is 0 Å². The number of allylic oxidation sites excluding steroid dienone is 3. The molecule has 0 bridgehead atoms. The highest BCUT2D eigenvalue weighted by Crippen LogP contribution is 2.43. The highest BCUT2D eigenvalue weighted by atomic mass is 16.6. The first-order valence-electron chi connectivity index (χ1n) is 14.9. The van der Waals surface area contributed by atoms with Crippen LogP contribution >= 0.6 is 0 Å². The van der Waals surface area contributed by atoms with Crippen LogP contribution in [0.15, 0.2) is 36.0 Å². The minimum absolute atomic E-state index is 0.00493. The molecule has 2 amide bonds. The van der Waals surface area contributed by atoms with Crippen molar-refractivity contribution in [2.24, 2.45) is 5.92 Å². The van der Waals surface area contributed by atoms with E-state index in [0.717, 1.165) is 37.7 Å². The zero-order valence-corrected chi connectivity index (χ0v) is 24.1. The van der Waals surface area contributed by atoms with Crippen LogP contribution in [-0.4, -0.2) is 71.7 Å². The molecule has 3 heterocycles. The largest absolute Gasteiger partial charge is 0.387 e. The number of aliphatic hydroxyl groups is 1. The fourth-order valence-electron chi connectivity index (χ4n) is 6.15. The minimum Gasteiger partial charge on any atom is -0.387 e. The lowest BCUT2D eigenvalue weighted by atomic mass is 9.87. The Hall–Kier alpha value is -2.00. The number of carbonyl (C=O) groups excluding carboxylic acids is 2. The van der Waals surface area contributed by atoms with Crippen LogP contribution in [0.5, 0.6) is 0 Å². The van der Waals surface area contributed by atoms with Gasteiger partial charge >= 0.3 is 0 Å². The van der Waals surface area contributed by atoms with Crippen LogP contribution in [0.3, 0.4) is 0 Å². The second kappa shape index (κ2) is 13.6. The van der Waals surface area contributed by atoms with E-state index < -0.39 is 17.8 Å². The van der Waals surface area contributed by atoms with Gasteiger partial charge in [-0.05, 0) is 57.9 Å². The van der Waals surface area contributed by atoms with E-state index in [0.29, 0.717) is 25.4 Å². The standard InChI is InChI=1S/C31H48N2O6/c1-5-6-11-28(34)33-25-16-21(3)26(38-22(25)4)14-12-20(2)13-15-27-30(36)31(19-37-31)18-24(39-27)17-29(35)32-23-9-7-8-10-23/h6,11-13,15,21-27,30,36H,5,7-10,14,16-19H2,1-4H3,(H,32,35)(H,33,34)/b11-6-,15-13+,20-12+/t21-,22+,24+,25+,26-,27+,30+,31+/m0/s1. The molecule has 3 aliphatic heterocycles. The van der Waals surface area contributed by atoms with Crippen molar-refractivity contribution in [3.05, 3.63) is 36.0 Å². The topological polar surface area (TPSA) is 109 Å². The van der Waals surface area contributed by atoms with Gasteiger partial charge in [-0.1, -0.05) is 56.6 Å². The fourth-order valence-corrected chi connectivity index (χ4v) is 6.15. The van der Waals surface area contributed by atoms with E-state index in [1.165, 1.54) is 12.8 Å². The molecular formula is C31H48N2O6. The van der Waals surface area contributed by atoms with Crippen molar-refractivity contribution >= 4 is 11.8 Å². The fraction of sp³-hybridized carbons (Fsp3) is 0.742. The quantitative estimate of drug-likeness (QED) is 0.219. The number of hydrogen-bond donors (Lipinski definition) is 3. The van der Waals surface area contributed by atoms with Gasteiger partial charge in [0.2, 0.25) is 11.8 Å². The lowest BCUT2D eigenvalue weighted by molar-refractivity contribution is -0.145. The molecule has 8 heteroatoms. The average molecular weight is 545 g/mol. The summed E-state index contributed by atoms with van der Waals surface area (Å²) in [5.74, 6) is 0.264. The Labute approximate surface area is 233 Å². The minimum atomic E-state index is -0.752. The molecule has 4 rings (SSSR count). The van der Waals surface area contributed by atoms with Gasteiger partial charge in [0.15, 0.2) is 0 Å². The number of epoxide rings is 1. The van der Waals surface area contributed by atoms with Crippen molar-refractivity contribution in [3.63, 3.8) is 0 Å². The van der Waals surface area contributed by atoms with Crippen molar-refractivity contribution < 1.29 is 28.9 Å². The van der Waals surface area contributed by atoms with Crippen LogP contribution in [0.2, 0.25) is 0 Å². The molecule has 4 fully saturated rings. The van der Waals surface area contributed by atoms with Crippen LogP contribution in [0.25, 0.3) is 0 Å². The van der Waals surface area contributed by atoms with Gasteiger partial charge in [0.05, 0.1) is 37.4 Å². The Kier molecular flexibility index (Phi) is 10.4. The van der Waals surface area contributed by atoms with Crippen LogP contribution in [-0.2, 0) is 23.8 Å². The van der Waals surface area contributed by atoms with Gasteiger partial charge < -0.3 is 30.0 Å². The number of rotatable bonds is 10. The number of carbonyl (C=O) groups is 2. The molecule has 8 nitrogen and oxygen atoms in total. The Morgan fingerprint density at radius 3 is 2.54 bits per heavy atom. The van der Waals surface area contributed by atoms with E-state index in [9.17, 15) is 14.7 Å². The maximum Gasteiger partial charge on any atom is 0.243 e. The molecule has 0 radical (unpaired) electrons. The summed E-state index contributed by atoms with van der Waals surface area (Å²) in [4.78, 5) is 24.7. The van der Waals surface area contributed by atoms with Gasteiger partial charge in [0, 0.05) is 12.5 Å². The van der Waals surface area contributed by atoms with E-state index in [1.807, 2.05) is 39.0 Å². The van der Waals surface area contributed by atoms with Crippen molar-refractivity contribution in [1.82, 2.24) is 10.6 Å². The molecule has 0 aromatic rings. The maximum absolute atomic E-state index is 12.6. The molecule has 39 heavy (non-hydrogen) atoms. The summed E-state index contributed by atoms with van der Waals surface area (Å²) >= 11 is 0. The van der Waals surface area contributed by atoms with Gasteiger partial charge in [-0.15, -0.1) is 0 Å². The monoisotopic (exact) mass is 544 g/mol. The van der Waals surface area contributed by atoms with Crippen LogP contribution in [0.4, 0.5) is 0 Å². The lowest BCUT2D eigenvalue weighted by Crippen LogP contribution is -2.51. The second-order valence-electron chi connectivity index (χ2n) is 12.0. The molecule has 3 saturated heterocycles. The number of nitrogens with one attached hydrogen (secondary N) is 2. The molecular weight excluding hydrogens is 496 g/mol. The summed E-state index contributed by atoms with van der Waals surface area (Å²) in [5.41, 5.74) is 0.462. The summed E-state index contributed by atoms with van der Waals surface area (Å²) in [6.07, 6.45) is 15.7. The van der Waals surface area contributed by atoms with Gasteiger partial charge in [0.25, 0.3) is 0 Å². The van der Waals surface area contributed by atoms with Crippen LogP contribution in [0.1, 0.15) is 85.5 Å². The van der Waals surface area contributed by atoms with E-state index >= 15 is 0 Å². The predicted molar refractivity (Wildman–Crippen MR) is 150 cm³/mol. The van der Waals surface area contributed by atoms with Crippen LogP contribution < -0.4 is 10.6 Å². The molecule has 8 atom stereocenters. The highest BCUT2D eigenvalue weighted by Gasteiger charge is 2.58. The first-order valence-corrected chi connectivity index (χ1v) is 14.9. The maximum atomic E-state index is 12.6. The molecule has 3 N–H and O–H groups in total. The van der Waals surface area contributed by atoms with Gasteiger partial charge in [0.1, 0.15) is 17.8 Å². The molecule has 218 valence electrons. The van der Waals surface area contributed by atoms with Gasteiger partial charge in [-0.25, -0.2) is 0 Å². The number of aliphatic hydroxyl groups excluding tert-OH is 1. The molecule has 0 aromatic heterocycles. The Balaban J connectivity index is 1.28. The van der Waals surface area contributed by atoms with Gasteiger partial charge in [-0.2, -0.15) is 0 Å². The summed E-state index contributed by atoms with van der Waals surface area (Å²) in [7, 11) is 0. The first kappa shape index (κ1) is 30.0. The summed E-state index contributed by atoms with van der Waals surface area (Å²) in [6, 6.07) is 0.290. The SMILES string of the molecule is CC/C=C\C(=O)N[C@@H]1C[C@H](C)[C@H](C/C=C(C)/C=C/[C@H]2O[C@H](CC(=O)NC3CCCC3)C[C@@]3(CO3)[C@@H]2O)O[C@@H]1C. The van der Waals surface area contributed by atoms with Crippen molar-refractivity contribution in [2.45, 2.75) is 134 Å². The Morgan fingerprint density at radius 1 is 1.10 bits per heavy atom. The van der Waals surface area contributed by atoms with E-state index in [4.69, 9.17) is 14.2 Å². The smallest absolute Gasteiger partial charge is 0.243 e. The van der Waals surface area contributed by atoms with Crippen molar-refractivity contribution in [2.75, 3.05) is 6.61 Å². The number of ether oxygens (including phenoxy) is 3. The summed E-state index contributed by atoms with van der Waals surface area (Å²) in [6.45, 7) is 8.72. The molecule has 1 aliphatic carbocycles. The van der Waals surface area contributed by atoms with Gasteiger partial charge in [-0.3, -0.25) is 9.59 Å². The van der Waals surface area contributed by atoms with E-state index in [-0.39, 0.29) is 42.2 Å². The highest BCUT2D eigenvalue weighted by molar-refractivity contribution is 5.87. The Bertz CT molecular complexity index is 935. The first-order chi connectivity index (χ1) is 18.7. The molecule has 1 saturated carbocycles. The van der Waals surface area contributed by atoms with Crippen LogP contribution in [0, 0.1) is 5.92 Å². The zero-order valence-electron chi connectivity index (χ0n) is 24.1. The average Bonchev–Trinajstić information content (AvgIpc) is 3.48. The third kappa shape index (κ3) is 8.26. The molecule has 0 unspecified atom stereocenters. The second-order valence-corrected chi connectivity index (χ2v) is 12.0. The number of hydrogen-bond acceptors (Lipinski definition) is 6. The Morgan fingerprint density at radius 2 is 1.85 bits per heavy atom. The third-order valence-corrected chi connectivity index (χ3v) is 8.69. The number of amides is 2. The molecule has 1 spiro atoms. The predicted octanol–water partition coefficient (Wildman–Crippen LogP) is 3.88. The third-order valence-electron chi connectivity index (χ3n) is 8.69. The summed E-state index contributed by atoms with van der Waals surface area (Å²) in [5, 5.41) is 17.1.